The van der Waals surface area contributed by atoms with E-state index < -0.39 is 17.8 Å². The molecule has 1 aliphatic carbocycles. The van der Waals surface area contributed by atoms with Crippen LogP contribution in [0, 0.1) is 5.82 Å². The number of aliphatic hydroxyl groups excluding tert-OH is 1. The minimum atomic E-state index is -0.561. The Bertz CT molecular complexity index is 1950. The van der Waals surface area contributed by atoms with Crippen LogP contribution in [0.5, 0.6) is 0 Å². The van der Waals surface area contributed by atoms with E-state index in [0.29, 0.717) is 35.0 Å². The maximum Gasteiger partial charge on any atom is 0.253 e. The summed E-state index contributed by atoms with van der Waals surface area (Å²) >= 11 is 0. The summed E-state index contributed by atoms with van der Waals surface area (Å²) in [7, 11) is 0. The maximum absolute atomic E-state index is 14.8. The number of aromatic nitrogens is 4. The molecular weight excluding hydrogens is 571 g/mol. The van der Waals surface area contributed by atoms with Crippen LogP contribution in [0.15, 0.2) is 97.8 Å². The van der Waals surface area contributed by atoms with E-state index in [0.717, 1.165) is 46.9 Å². The summed E-state index contributed by atoms with van der Waals surface area (Å²) in [5.74, 6) is -1.18. The van der Waals surface area contributed by atoms with Crippen molar-refractivity contribution < 1.29 is 19.1 Å². The molecule has 10 heteroatoms. The fourth-order valence-corrected chi connectivity index (χ4v) is 5.86. The van der Waals surface area contributed by atoms with Gasteiger partial charge in [-0.2, -0.15) is 0 Å². The SMILES string of the molecule is NC(=O)c1c[nH]c2ccccc12.O=C(N[C@H]1CCCC[C@@H]1O)c1cn(Cc2ccc(-c3cncnc3)cc2)c2cccc(F)c12. The maximum atomic E-state index is 14.8. The third kappa shape index (κ3) is 6.46. The van der Waals surface area contributed by atoms with Gasteiger partial charge >= 0.3 is 0 Å². The Labute approximate surface area is 258 Å². The van der Waals surface area contributed by atoms with Gasteiger partial charge in [-0.1, -0.05) is 61.4 Å². The first-order chi connectivity index (χ1) is 21.9. The number of nitrogens with zero attached hydrogens (tertiary/aromatic N) is 3. The van der Waals surface area contributed by atoms with Gasteiger partial charge in [-0.3, -0.25) is 9.59 Å². The molecule has 1 fully saturated rings. The number of aromatic amines is 1. The standard InChI is InChI=1S/C26H25FN4O2.C9H8N2O/c27-21-4-3-6-23-25(21)20(26(33)30-22-5-1-2-7-24(22)32)15-31(23)14-17-8-10-18(11-9-17)19-12-28-16-29-13-19;10-9(12)7-5-11-8-4-2-1-3-6(7)8/h3-4,6,8-13,15-16,22,24,32H,1-2,5,7,14H2,(H,30,33);1-5,11H,(H2,10,12)/t22-,24-;/m0./s1. The summed E-state index contributed by atoms with van der Waals surface area (Å²) in [5, 5.41) is 14.3. The van der Waals surface area contributed by atoms with Gasteiger partial charge in [-0.05, 0) is 42.2 Å². The van der Waals surface area contributed by atoms with Crippen LogP contribution in [0.25, 0.3) is 32.9 Å². The Balaban J connectivity index is 0.000000248. The minimum absolute atomic E-state index is 0.291. The molecule has 0 unspecified atom stereocenters. The van der Waals surface area contributed by atoms with E-state index in [9.17, 15) is 19.1 Å². The number of aliphatic hydroxyl groups is 1. The highest BCUT2D eigenvalue weighted by atomic mass is 19.1. The fourth-order valence-electron chi connectivity index (χ4n) is 5.86. The van der Waals surface area contributed by atoms with Gasteiger partial charge in [0.05, 0.1) is 28.8 Å². The van der Waals surface area contributed by atoms with Gasteiger partial charge in [0.25, 0.3) is 11.8 Å². The number of fused-ring (bicyclic) bond motifs is 2. The Hall–Kier alpha value is -5.35. The van der Waals surface area contributed by atoms with E-state index >= 15 is 0 Å². The smallest absolute Gasteiger partial charge is 0.253 e. The van der Waals surface area contributed by atoms with E-state index in [2.05, 4.69) is 20.3 Å². The molecule has 45 heavy (non-hydrogen) atoms. The predicted octanol–water partition coefficient (Wildman–Crippen LogP) is 5.59. The molecule has 9 nitrogen and oxygen atoms in total. The van der Waals surface area contributed by atoms with Crippen LogP contribution < -0.4 is 11.1 Å². The predicted molar refractivity (Wildman–Crippen MR) is 171 cm³/mol. The molecule has 0 saturated heterocycles. The van der Waals surface area contributed by atoms with Crippen LogP contribution in [-0.4, -0.2) is 48.6 Å². The second kappa shape index (κ2) is 13.1. The quantitative estimate of drug-likeness (QED) is 0.196. The van der Waals surface area contributed by atoms with Crippen LogP contribution in [0.1, 0.15) is 52.0 Å². The average molecular weight is 605 g/mol. The second-order valence-corrected chi connectivity index (χ2v) is 11.2. The third-order valence-electron chi connectivity index (χ3n) is 8.20. The van der Waals surface area contributed by atoms with E-state index in [1.807, 2.05) is 59.2 Å². The highest BCUT2D eigenvalue weighted by Crippen LogP contribution is 2.27. The largest absolute Gasteiger partial charge is 0.391 e. The molecule has 2 atom stereocenters. The van der Waals surface area contributed by atoms with Crippen molar-refractivity contribution in [3.8, 4) is 11.1 Å². The zero-order valence-electron chi connectivity index (χ0n) is 24.5. The number of carbonyl (C=O) groups excluding carboxylic acids is 2. The number of hydrogen-bond acceptors (Lipinski definition) is 5. The molecule has 2 amide bonds. The van der Waals surface area contributed by atoms with E-state index in [-0.39, 0.29) is 11.9 Å². The first-order valence-electron chi connectivity index (χ1n) is 14.9. The van der Waals surface area contributed by atoms with Crippen LogP contribution in [-0.2, 0) is 6.54 Å². The van der Waals surface area contributed by atoms with Gasteiger partial charge in [0.1, 0.15) is 12.1 Å². The Kier molecular flexibility index (Phi) is 8.65. The molecule has 7 rings (SSSR count). The minimum Gasteiger partial charge on any atom is -0.391 e. The molecule has 5 N–H and O–H groups in total. The van der Waals surface area contributed by atoms with Gasteiger partial charge in [0.15, 0.2) is 0 Å². The van der Waals surface area contributed by atoms with Crippen molar-refractivity contribution in [2.75, 3.05) is 0 Å². The number of amides is 2. The summed E-state index contributed by atoms with van der Waals surface area (Å²) in [6.45, 7) is 0.491. The van der Waals surface area contributed by atoms with Crippen molar-refractivity contribution in [3.05, 3.63) is 120 Å². The van der Waals surface area contributed by atoms with E-state index in [1.54, 1.807) is 30.9 Å². The van der Waals surface area contributed by atoms with Crippen molar-refractivity contribution in [2.45, 2.75) is 44.4 Å². The highest BCUT2D eigenvalue weighted by Gasteiger charge is 2.27. The van der Waals surface area contributed by atoms with Crippen molar-refractivity contribution in [3.63, 3.8) is 0 Å². The summed E-state index contributed by atoms with van der Waals surface area (Å²) in [4.78, 5) is 35.0. The highest BCUT2D eigenvalue weighted by molar-refractivity contribution is 6.07. The lowest BCUT2D eigenvalue weighted by molar-refractivity contribution is 0.0718. The van der Waals surface area contributed by atoms with Crippen LogP contribution in [0.3, 0.4) is 0 Å². The number of nitrogens with one attached hydrogen (secondary N) is 2. The summed E-state index contributed by atoms with van der Waals surface area (Å²) in [6, 6.07) is 20.1. The lowest BCUT2D eigenvalue weighted by Gasteiger charge is -2.28. The number of rotatable bonds is 6. The monoisotopic (exact) mass is 604 g/mol. The molecule has 1 saturated carbocycles. The van der Waals surface area contributed by atoms with Crippen molar-refractivity contribution in [1.29, 1.82) is 0 Å². The molecule has 0 radical (unpaired) electrons. The Morgan fingerprint density at radius 1 is 0.956 bits per heavy atom. The zero-order chi connectivity index (χ0) is 31.3. The lowest BCUT2D eigenvalue weighted by Crippen LogP contribution is -2.45. The average Bonchev–Trinajstić information content (AvgIpc) is 3.66. The second-order valence-electron chi connectivity index (χ2n) is 11.2. The van der Waals surface area contributed by atoms with Crippen LogP contribution >= 0.6 is 0 Å². The molecule has 3 aromatic heterocycles. The van der Waals surface area contributed by atoms with Crippen molar-refractivity contribution >= 4 is 33.6 Å². The molecule has 0 aliphatic heterocycles. The molecule has 228 valence electrons. The van der Waals surface area contributed by atoms with Crippen molar-refractivity contribution in [2.24, 2.45) is 5.73 Å². The van der Waals surface area contributed by atoms with Gasteiger partial charge in [-0.15, -0.1) is 0 Å². The fraction of sp³-hybridized carbons (Fsp3) is 0.200. The molecule has 0 bridgehead atoms. The first kappa shape index (κ1) is 29.7. The van der Waals surface area contributed by atoms with Crippen molar-refractivity contribution in [1.82, 2.24) is 24.8 Å². The van der Waals surface area contributed by atoms with E-state index in [1.165, 1.54) is 12.4 Å². The molecule has 0 spiro atoms. The summed E-state index contributed by atoms with van der Waals surface area (Å²) in [6.07, 6.45) is 11.1. The molecule has 1 aliphatic rings. The van der Waals surface area contributed by atoms with Gasteiger partial charge in [0.2, 0.25) is 0 Å². The first-order valence-corrected chi connectivity index (χ1v) is 14.9. The number of H-pyrrole nitrogens is 1. The number of carbonyl (C=O) groups is 2. The number of benzene rings is 3. The summed E-state index contributed by atoms with van der Waals surface area (Å²) in [5.41, 5.74) is 10.6. The Morgan fingerprint density at radius 3 is 2.47 bits per heavy atom. The third-order valence-corrected chi connectivity index (χ3v) is 8.20. The van der Waals surface area contributed by atoms with Gasteiger partial charge < -0.3 is 25.7 Å². The number of hydrogen-bond donors (Lipinski definition) is 4. The number of primary amides is 1. The zero-order valence-corrected chi connectivity index (χ0v) is 24.5. The van der Waals surface area contributed by atoms with Crippen LogP contribution in [0.4, 0.5) is 4.39 Å². The topological polar surface area (TPSA) is 139 Å². The van der Waals surface area contributed by atoms with Gasteiger partial charge in [0, 0.05) is 53.2 Å². The lowest BCUT2D eigenvalue weighted by atomic mass is 9.92. The van der Waals surface area contributed by atoms with Gasteiger partial charge in [-0.25, -0.2) is 14.4 Å². The Morgan fingerprint density at radius 2 is 1.71 bits per heavy atom. The number of halogens is 1. The number of para-hydroxylation sites is 1. The molecule has 3 heterocycles. The molecule has 6 aromatic rings. The number of nitrogens with two attached hydrogens (primary N) is 1. The molecule has 3 aromatic carbocycles. The molecular formula is C35H33FN6O3. The van der Waals surface area contributed by atoms with E-state index in [4.69, 9.17) is 5.73 Å². The normalized spacial score (nSPS) is 16.2. The van der Waals surface area contributed by atoms with Crippen LogP contribution in [0.2, 0.25) is 0 Å². The summed E-state index contributed by atoms with van der Waals surface area (Å²) < 4.78 is 16.7.